The summed E-state index contributed by atoms with van der Waals surface area (Å²) in [7, 11) is 4.37. The number of nitriles is 1. The van der Waals surface area contributed by atoms with Gasteiger partial charge in [-0.25, -0.2) is 0 Å². The third-order valence-corrected chi connectivity index (χ3v) is 5.73. The summed E-state index contributed by atoms with van der Waals surface area (Å²) in [5.41, 5.74) is 2.72. The SMILES string of the molecule is COc1cc(NC(=O)/C(C#N)=C/c2cc(Cl)c(OCc3ccc(C)cc3)c(OC)c2)c(OC)cc1Cl. The van der Waals surface area contributed by atoms with Gasteiger partial charge >= 0.3 is 0 Å². The van der Waals surface area contributed by atoms with E-state index in [1.165, 1.54) is 39.5 Å². The van der Waals surface area contributed by atoms with Crippen LogP contribution >= 0.6 is 23.2 Å². The van der Waals surface area contributed by atoms with Crippen LogP contribution < -0.4 is 24.3 Å². The molecule has 0 aliphatic carbocycles. The maximum Gasteiger partial charge on any atom is 0.266 e. The van der Waals surface area contributed by atoms with Gasteiger partial charge in [0.25, 0.3) is 5.91 Å². The second-order valence-corrected chi connectivity index (χ2v) is 8.43. The van der Waals surface area contributed by atoms with Crippen LogP contribution in [0.1, 0.15) is 16.7 Å². The molecule has 0 fully saturated rings. The van der Waals surface area contributed by atoms with E-state index < -0.39 is 5.91 Å². The summed E-state index contributed by atoms with van der Waals surface area (Å²) in [6.07, 6.45) is 1.40. The molecule has 0 spiro atoms. The van der Waals surface area contributed by atoms with Gasteiger partial charge in [-0.1, -0.05) is 53.0 Å². The summed E-state index contributed by atoms with van der Waals surface area (Å²) < 4.78 is 21.8. The highest BCUT2D eigenvalue weighted by atomic mass is 35.5. The summed E-state index contributed by atoms with van der Waals surface area (Å²) in [5, 5.41) is 12.9. The molecule has 0 heterocycles. The van der Waals surface area contributed by atoms with Crippen molar-refractivity contribution >= 4 is 40.9 Å². The van der Waals surface area contributed by atoms with Crippen molar-refractivity contribution in [3.63, 3.8) is 0 Å². The Kier molecular flexibility index (Phi) is 9.07. The standard InChI is InChI=1S/C27H24Cl2N2O5/c1-16-5-7-17(8-6-16)15-36-26-21(29)10-18(11-25(26)35-4)9-19(14-30)27(32)31-22-13-23(33-2)20(28)12-24(22)34-3/h5-13H,15H2,1-4H3,(H,31,32)/b19-9+. The molecule has 7 nitrogen and oxygen atoms in total. The quantitative estimate of drug-likeness (QED) is 0.254. The van der Waals surface area contributed by atoms with Gasteiger partial charge in [-0.15, -0.1) is 0 Å². The maximum atomic E-state index is 12.9. The molecule has 0 saturated heterocycles. The number of rotatable bonds is 9. The van der Waals surface area contributed by atoms with Crippen LogP contribution in [-0.4, -0.2) is 27.2 Å². The summed E-state index contributed by atoms with van der Waals surface area (Å²) in [6.45, 7) is 2.30. The molecule has 0 aromatic heterocycles. The Morgan fingerprint density at radius 2 is 1.61 bits per heavy atom. The lowest BCUT2D eigenvalue weighted by Crippen LogP contribution is -2.14. The molecule has 1 N–H and O–H groups in total. The summed E-state index contributed by atoms with van der Waals surface area (Å²) in [5.74, 6) is 0.717. The molecule has 0 aliphatic heterocycles. The molecule has 3 rings (SSSR count). The van der Waals surface area contributed by atoms with E-state index in [4.69, 9.17) is 42.1 Å². The fourth-order valence-electron chi connectivity index (χ4n) is 3.27. The zero-order valence-corrected chi connectivity index (χ0v) is 21.7. The predicted molar refractivity (Wildman–Crippen MR) is 140 cm³/mol. The number of benzene rings is 3. The number of nitrogens with one attached hydrogen (secondary N) is 1. The molecule has 0 saturated carbocycles. The number of nitrogens with zero attached hydrogens (tertiary/aromatic N) is 1. The van der Waals surface area contributed by atoms with Crippen molar-refractivity contribution in [3.05, 3.63) is 80.8 Å². The second kappa shape index (κ2) is 12.2. The first kappa shape index (κ1) is 26.7. The minimum absolute atomic E-state index is 0.169. The van der Waals surface area contributed by atoms with E-state index in [2.05, 4.69) is 5.32 Å². The molecule has 9 heteroatoms. The Hall–Kier alpha value is -3.86. The molecule has 1 amide bonds. The van der Waals surface area contributed by atoms with E-state index in [-0.39, 0.29) is 10.6 Å². The Bertz CT molecular complexity index is 1330. The Morgan fingerprint density at radius 1 is 0.944 bits per heavy atom. The summed E-state index contributed by atoms with van der Waals surface area (Å²) >= 11 is 12.6. The fourth-order valence-corrected chi connectivity index (χ4v) is 3.77. The van der Waals surface area contributed by atoms with Crippen LogP contribution in [0.5, 0.6) is 23.0 Å². The number of hydrogen-bond acceptors (Lipinski definition) is 6. The molecule has 0 aliphatic rings. The molecule has 0 atom stereocenters. The zero-order chi connectivity index (χ0) is 26.2. The smallest absolute Gasteiger partial charge is 0.266 e. The number of carbonyl (C=O) groups excluding carboxylic acids is 1. The number of ether oxygens (including phenoxy) is 4. The number of amides is 1. The predicted octanol–water partition coefficient (Wildman–Crippen LogP) is 6.45. The monoisotopic (exact) mass is 526 g/mol. The highest BCUT2D eigenvalue weighted by Crippen LogP contribution is 2.38. The van der Waals surface area contributed by atoms with E-state index in [0.717, 1.165) is 11.1 Å². The van der Waals surface area contributed by atoms with E-state index in [9.17, 15) is 10.1 Å². The highest BCUT2D eigenvalue weighted by molar-refractivity contribution is 6.33. The first-order valence-corrected chi connectivity index (χ1v) is 11.5. The van der Waals surface area contributed by atoms with E-state index in [1.807, 2.05) is 37.3 Å². The highest BCUT2D eigenvalue weighted by Gasteiger charge is 2.17. The topological polar surface area (TPSA) is 89.8 Å². The Balaban J connectivity index is 1.85. The number of aryl methyl sites for hydroxylation is 1. The van der Waals surface area contributed by atoms with Crippen LogP contribution in [0.15, 0.2) is 54.1 Å². The molecule has 3 aromatic rings. The molecule has 3 aromatic carbocycles. The largest absolute Gasteiger partial charge is 0.495 e. The molecule has 186 valence electrons. The van der Waals surface area contributed by atoms with Gasteiger partial charge < -0.3 is 24.3 Å². The number of halogens is 2. The van der Waals surface area contributed by atoms with Crippen LogP contribution in [0.2, 0.25) is 10.0 Å². The van der Waals surface area contributed by atoms with Crippen LogP contribution in [0, 0.1) is 18.3 Å². The van der Waals surface area contributed by atoms with Gasteiger partial charge in [0.05, 0.1) is 37.1 Å². The maximum absolute atomic E-state index is 12.9. The van der Waals surface area contributed by atoms with Gasteiger partial charge in [0.15, 0.2) is 11.5 Å². The van der Waals surface area contributed by atoms with E-state index in [0.29, 0.717) is 45.9 Å². The lowest BCUT2D eigenvalue weighted by molar-refractivity contribution is -0.112. The molecule has 36 heavy (non-hydrogen) atoms. The number of carbonyl (C=O) groups is 1. The third kappa shape index (κ3) is 6.42. The van der Waals surface area contributed by atoms with Crippen LogP contribution in [0.25, 0.3) is 6.08 Å². The van der Waals surface area contributed by atoms with Gasteiger partial charge in [-0.05, 0) is 36.3 Å². The summed E-state index contributed by atoms with van der Waals surface area (Å²) in [4.78, 5) is 12.9. The van der Waals surface area contributed by atoms with Gasteiger partial charge in [0.1, 0.15) is 29.7 Å². The normalized spacial score (nSPS) is 10.9. The van der Waals surface area contributed by atoms with Gasteiger partial charge in [-0.2, -0.15) is 5.26 Å². The van der Waals surface area contributed by atoms with Crippen LogP contribution in [0.3, 0.4) is 0 Å². The van der Waals surface area contributed by atoms with Gasteiger partial charge in [0, 0.05) is 12.1 Å². The van der Waals surface area contributed by atoms with Gasteiger partial charge in [-0.3, -0.25) is 4.79 Å². The van der Waals surface area contributed by atoms with E-state index >= 15 is 0 Å². The first-order valence-electron chi connectivity index (χ1n) is 10.7. The molecule has 0 unspecified atom stereocenters. The van der Waals surface area contributed by atoms with E-state index in [1.54, 1.807) is 12.1 Å². The Morgan fingerprint density at radius 3 is 2.22 bits per heavy atom. The first-order chi connectivity index (χ1) is 17.3. The zero-order valence-electron chi connectivity index (χ0n) is 20.1. The second-order valence-electron chi connectivity index (χ2n) is 7.62. The van der Waals surface area contributed by atoms with Crippen molar-refractivity contribution < 1.29 is 23.7 Å². The van der Waals surface area contributed by atoms with Crippen LogP contribution in [0.4, 0.5) is 5.69 Å². The fraction of sp³-hybridized carbons (Fsp3) is 0.185. The van der Waals surface area contributed by atoms with Crippen LogP contribution in [-0.2, 0) is 11.4 Å². The van der Waals surface area contributed by atoms with Gasteiger partial charge in [0.2, 0.25) is 0 Å². The lowest BCUT2D eigenvalue weighted by atomic mass is 10.1. The van der Waals surface area contributed by atoms with Crippen molar-refractivity contribution in [3.8, 4) is 29.1 Å². The molecule has 0 bridgehead atoms. The molecular weight excluding hydrogens is 503 g/mol. The molecule has 0 radical (unpaired) electrons. The van der Waals surface area contributed by atoms with Crippen molar-refractivity contribution in [1.82, 2.24) is 0 Å². The van der Waals surface area contributed by atoms with Crippen molar-refractivity contribution in [1.29, 1.82) is 5.26 Å². The molecular formula is C27H24Cl2N2O5. The number of hydrogen-bond donors (Lipinski definition) is 1. The lowest BCUT2D eigenvalue weighted by Gasteiger charge is -2.14. The average Bonchev–Trinajstić information content (AvgIpc) is 2.87. The Labute approximate surface area is 219 Å². The average molecular weight is 527 g/mol. The number of anilines is 1. The summed E-state index contributed by atoms with van der Waals surface area (Å²) in [6, 6.07) is 16.1. The minimum atomic E-state index is -0.657. The number of methoxy groups -OCH3 is 3. The van der Waals surface area contributed by atoms with Crippen molar-refractivity contribution in [2.24, 2.45) is 0 Å². The minimum Gasteiger partial charge on any atom is -0.495 e. The van der Waals surface area contributed by atoms with Crippen molar-refractivity contribution in [2.75, 3.05) is 26.6 Å². The van der Waals surface area contributed by atoms with Crippen molar-refractivity contribution in [2.45, 2.75) is 13.5 Å². The third-order valence-electron chi connectivity index (χ3n) is 5.15.